The standard InChI is InChI=1S/C35H34F9N7O/c1-15-8-19-18-5-4-17(46-18)10-51(19)29-22-21(15)25(35(42,43)44)23(27-24(34(39,40)41)16(2)9-20(45)47-27)26(36)28(22)48-30(49-29)52-14-32-6-3-7-50(32)13-31(11-32)12-33(31,37)38/h9,17-19,46H,1,3-8,10-14H2,2H3,(H2,45,47)/t17-,18?,19?,31+,32+/m1/s1. The van der Waals surface area contributed by atoms with Crippen LogP contribution in [0.3, 0.4) is 0 Å². The van der Waals surface area contributed by atoms with Gasteiger partial charge in [-0.05, 0) is 69.2 Å². The first-order valence-corrected chi connectivity index (χ1v) is 17.3. The number of ether oxygens (including phenoxy) is 1. The Kier molecular flexibility index (Phi) is 6.94. The molecule has 278 valence electrons. The molecule has 52 heavy (non-hydrogen) atoms. The van der Waals surface area contributed by atoms with E-state index in [1.54, 1.807) is 4.90 Å². The van der Waals surface area contributed by atoms with Crippen LogP contribution in [0.25, 0.3) is 27.7 Å². The van der Waals surface area contributed by atoms with Crippen LogP contribution in [0.5, 0.6) is 6.01 Å². The minimum absolute atomic E-state index is 0.0376. The van der Waals surface area contributed by atoms with E-state index in [0.717, 1.165) is 25.8 Å². The minimum Gasteiger partial charge on any atom is -0.461 e. The largest absolute Gasteiger partial charge is 0.461 e. The van der Waals surface area contributed by atoms with E-state index in [-0.39, 0.29) is 61.3 Å². The Bertz CT molecular complexity index is 2070. The van der Waals surface area contributed by atoms with Crippen molar-refractivity contribution in [3.63, 3.8) is 0 Å². The highest BCUT2D eigenvalue weighted by molar-refractivity contribution is 6.05. The summed E-state index contributed by atoms with van der Waals surface area (Å²) >= 11 is 0. The summed E-state index contributed by atoms with van der Waals surface area (Å²) < 4.78 is 142. The van der Waals surface area contributed by atoms with E-state index < -0.39 is 91.9 Å². The molecule has 1 spiro atoms. The van der Waals surface area contributed by atoms with Gasteiger partial charge in [-0.3, -0.25) is 4.90 Å². The van der Waals surface area contributed by atoms with Crippen molar-refractivity contribution < 1.29 is 44.3 Å². The second-order valence-corrected chi connectivity index (χ2v) is 15.5. The van der Waals surface area contributed by atoms with Crippen molar-refractivity contribution in [3.05, 3.63) is 40.7 Å². The average Bonchev–Trinajstić information content (AvgIpc) is 3.37. The number of rotatable bonds is 4. The van der Waals surface area contributed by atoms with Crippen molar-refractivity contribution >= 4 is 28.1 Å². The molecule has 1 saturated carbocycles. The molecule has 2 aromatic heterocycles. The maximum atomic E-state index is 17.2. The molecule has 3 N–H and O–H groups in total. The fourth-order valence-corrected chi connectivity index (χ4v) is 10.1. The molecule has 1 aliphatic carbocycles. The molecule has 7 heterocycles. The summed E-state index contributed by atoms with van der Waals surface area (Å²) in [6, 6.07) is -0.283. The van der Waals surface area contributed by atoms with Crippen molar-refractivity contribution in [1.82, 2.24) is 25.2 Å². The molecule has 2 bridgehead atoms. The zero-order valence-corrected chi connectivity index (χ0v) is 27.9. The first-order chi connectivity index (χ1) is 24.3. The third kappa shape index (κ3) is 4.79. The minimum atomic E-state index is -5.39. The second-order valence-electron chi connectivity index (χ2n) is 15.5. The van der Waals surface area contributed by atoms with Gasteiger partial charge in [-0.2, -0.15) is 36.3 Å². The van der Waals surface area contributed by atoms with Crippen LogP contribution >= 0.6 is 0 Å². The first kappa shape index (κ1) is 33.9. The topological polar surface area (TPSA) is 92.4 Å². The number of anilines is 2. The van der Waals surface area contributed by atoms with Crippen LogP contribution < -0.4 is 20.7 Å². The molecule has 6 aliphatic rings. The molecule has 5 aliphatic heterocycles. The zero-order chi connectivity index (χ0) is 36.9. The van der Waals surface area contributed by atoms with Gasteiger partial charge in [0.25, 0.3) is 5.92 Å². The Morgan fingerprint density at radius 3 is 2.46 bits per heavy atom. The summed E-state index contributed by atoms with van der Waals surface area (Å²) in [5.41, 5.74) is -4.11. The van der Waals surface area contributed by atoms with E-state index >= 15 is 17.6 Å². The summed E-state index contributed by atoms with van der Waals surface area (Å²) in [5.74, 6) is -5.11. The monoisotopic (exact) mass is 739 g/mol. The second kappa shape index (κ2) is 10.6. The van der Waals surface area contributed by atoms with E-state index in [2.05, 4.69) is 26.8 Å². The Morgan fingerprint density at radius 2 is 1.77 bits per heavy atom. The molecular formula is C35H34F9N7O. The number of benzene rings is 1. The average molecular weight is 740 g/mol. The van der Waals surface area contributed by atoms with Gasteiger partial charge in [-0.25, -0.2) is 18.2 Å². The molecule has 5 fully saturated rings. The molecule has 2 unspecified atom stereocenters. The van der Waals surface area contributed by atoms with E-state index in [1.807, 2.05) is 4.90 Å². The molecule has 17 heteroatoms. The summed E-state index contributed by atoms with van der Waals surface area (Å²) in [4.78, 5) is 16.4. The van der Waals surface area contributed by atoms with Crippen molar-refractivity contribution in [2.24, 2.45) is 5.41 Å². The van der Waals surface area contributed by atoms with Gasteiger partial charge >= 0.3 is 18.4 Å². The molecule has 1 aromatic carbocycles. The number of nitrogen functional groups attached to an aromatic ring is 1. The fourth-order valence-electron chi connectivity index (χ4n) is 10.1. The number of aryl methyl sites for hydroxylation is 1. The summed E-state index contributed by atoms with van der Waals surface area (Å²) in [5, 5.41) is 3.13. The normalized spacial score (nSPS) is 30.6. The van der Waals surface area contributed by atoms with E-state index in [1.165, 1.54) is 0 Å². The van der Waals surface area contributed by atoms with Crippen LogP contribution in [0.1, 0.15) is 67.2 Å². The molecule has 8 nitrogen and oxygen atoms in total. The lowest BCUT2D eigenvalue weighted by Gasteiger charge is -2.41. The van der Waals surface area contributed by atoms with E-state index in [9.17, 15) is 22.0 Å². The summed E-state index contributed by atoms with van der Waals surface area (Å²) in [6.07, 6.45) is -7.99. The van der Waals surface area contributed by atoms with Crippen molar-refractivity contribution in [2.75, 3.05) is 36.9 Å². The number of halogens is 9. The molecular weight excluding hydrogens is 705 g/mol. The molecule has 9 rings (SSSR count). The number of nitrogens with one attached hydrogen (secondary N) is 1. The highest BCUT2D eigenvalue weighted by atomic mass is 19.4. The molecule has 5 atom stereocenters. The lowest BCUT2D eigenvalue weighted by molar-refractivity contribution is -0.140. The molecule has 4 saturated heterocycles. The lowest BCUT2D eigenvalue weighted by Crippen LogP contribution is -2.58. The van der Waals surface area contributed by atoms with Crippen LogP contribution in [-0.4, -0.2) is 75.7 Å². The Balaban J connectivity index is 1.29. The molecule has 0 amide bonds. The van der Waals surface area contributed by atoms with Crippen LogP contribution in [0.2, 0.25) is 0 Å². The van der Waals surface area contributed by atoms with Gasteiger partial charge in [0, 0.05) is 43.2 Å². The van der Waals surface area contributed by atoms with Crippen molar-refractivity contribution in [2.45, 2.75) is 93.8 Å². The van der Waals surface area contributed by atoms with Crippen molar-refractivity contribution in [1.29, 1.82) is 0 Å². The Labute approximate surface area is 291 Å². The predicted molar refractivity (Wildman–Crippen MR) is 172 cm³/mol. The van der Waals surface area contributed by atoms with Gasteiger partial charge < -0.3 is 20.7 Å². The summed E-state index contributed by atoms with van der Waals surface area (Å²) in [6.45, 7) is 5.93. The quantitative estimate of drug-likeness (QED) is 0.274. The van der Waals surface area contributed by atoms with Crippen LogP contribution in [-0.2, 0) is 12.4 Å². The van der Waals surface area contributed by atoms with Crippen LogP contribution in [0, 0.1) is 18.2 Å². The maximum absolute atomic E-state index is 17.2. The number of fused-ring (bicyclic) bond motifs is 6. The fraction of sp³-hybridized carbons (Fsp3) is 0.571. The number of hydrogen-bond donors (Lipinski definition) is 2. The maximum Gasteiger partial charge on any atom is 0.418 e. The van der Waals surface area contributed by atoms with Gasteiger partial charge in [-0.15, -0.1) is 0 Å². The third-order valence-corrected chi connectivity index (χ3v) is 12.3. The Morgan fingerprint density at radius 1 is 1.04 bits per heavy atom. The van der Waals surface area contributed by atoms with Gasteiger partial charge in [0.1, 0.15) is 23.8 Å². The van der Waals surface area contributed by atoms with E-state index in [4.69, 9.17) is 10.5 Å². The number of pyridine rings is 1. The van der Waals surface area contributed by atoms with E-state index in [0.29, 0.717) is 25.9 Å². The van der Waals surface area contributed by atoms with Gasteiger partial charge in [0.15, 0.2) is 5.82 Å². The van der Waals surface area contributed by atoms with Crippen LogP contribution in [0.15, 0.2) is 12.6 Å². The highest BCUT2D eigenvalue weighted by Gasteiger charge is 2.77. The first-order valence-electron chi connectivity index (χ1n) is 17.3. The zero-order valence-electron chi connectivity index (χ0n) is 27.9. The SMILES string of the molecule is C=C1CC2C3CC[C@H](CN2c2nc(OC[C@@]45CCCN4C[C@@]4(CC4(F)F)C5)nc4c(F)c(-c5nc(N)cc(C)c5C(F)(F)F)c(C(F)(F)F)c1c24)N3. The van der Waals surface area contributed by atoms with Crippen molar-refractivity contribution in [3.8, 4) is 17.3 Å². The van der Waals surface area contributed by atoms with Gasteiger partial charge in [-0.1, -0.05) is 6.58 Å². The Hall–Kier alpha value is -3.86. The number of nitrogens with zero attached hydrogens (tertiary/aromatic N) is 5. The van der Waals surface area contributed by atoms with Gasteiger partial charge in [0.2, 0.25) is 0 Å². The van der Waals surface area contributed by atoms with Gasteiger partial charge in [0.05, 0.1) is 38.7 Å². The highest BCUT2D eigenvalue weighted by Crippen LogP contribution is 2.69. The third-order valence-electron chi connectivity index (χ3n) is 12.3. The predicted octanol–water partition coefficient (Wildman–Crippen LogP) is 7.13. The molecule has 3 aromatic rings. The summed E-state index contributed by atoms with van der Waals surface area (Å²) in [7, 11) is 0. The number of hydrogen-bond acceptors (Lipinski definition) is 8. The van der Waals surface area contributed by atoms with Crippen LogP contribution in [0.4, 0.5) is 51.1 Å². The molecule has 0 radical (unpaired) electrons. The number of aromatic nitrogens is 3. The lowest BCUT2D eigenvalue weighted by atomic mass is 9.86. The number of nitrogens with two attached hydrogens (primary N) is 1. The smallest absolute Gasteiger partial charge is 0.418 e. The number of piperazine rings is 1. The number of alkyl halides is 8.